The third-order valence-electron chi connectivity index (χ3n) is 1.64. The molecule has 2 N–H and O–H groups in total. The molecule has 13 heavy (non-hydrogen) atoms. The smallest absolute Gasteiger partial charge is 0.220 e. The lowest BCUT2D eigenvalue weighted by Crippen LogP contribution is -1.94. The predicted octanol–water partition coefficient (Wildman–Crippen LogP) is 2.58. The van der Waals surface area contributed by atoms with Crippen molar-refractivity contribution in [3.05, 3.63) is 26.4 Å². The van der Waals surface area contributed by atoms with Crippen molar-refractivity contribution in [3.63, 3.8) is 0 Å². The van der Waals surface area contributed by atoms with Crippen LogP contribution >= 0.6 is 38.5 Å². The van der Waals surface area contributed by atoms with Gasteiger partial charge in [0.15, 0.2) is 0 Å². The summed E-state index contributed by atoms with van der Waals surface area (Å²) in [4.78, 5) is 8.04. The van der Waals surface area contributed by atoms with Crippen LogP contribution in [0.2, 0.25) is 0 Å². The van der Waals surface area contributed by atoms with Gasteiger partial charge in [0.25, 0.3) is 0 Å². The molecule has 3 nitrogen and oxygen atoms in total. The molecule has 2 aromatic rings. The van der Waals surface area contributed by atoms with E-state index >= 15 is 0 Å². The SMILES string of the molecule is Nc1ncc2cc(Br)c(I)cc2n1. The Hall–Kier alpha value is -0.430. The fourth-order valence-electron chi connectivity index (χ4n) is 1.04. The van der Waals surface area contributed by atoms with Crippen molar-refractivity contribution in [2.75, 3.05) is 5.73 Å². The Morgan fingerprint density at radius 3 is 2.92 bits per heavy atom. The zero-order chi connectivity index (χ0) is 9.42. The van der Waals surface area contributed by atoms with Crippen molar-refractivity contribution in [1.82, 2.24) is 9.97 Å². The van der Waals surface area contributed by atoms with Crippen molar-refractivity contribution < 1.29 is 0 Å². The van der Waals surface area contributed by atoms with Gasteiger partial charge >= 0.3 is 0 Å². The van der Waals surface area contributed by atoms with Crippen LogP contribution in [0.5, 0.6) is 0 Å². The first kappa shape index (κ1) is 9.14. The zero-order valence-electron chi connectivity index (χ0n) is 6.46. The second-order valence-corrected chi connectivity index (χ2v) is 4.57. The van der Waals surface area contributed by atoms with Crippen LogP contribution in [0.4, 0.5) is 5.95 Å². The molecular weight excluding hydrogens is 345 g/mol. The number of halogens is 2. The van der Waals surface area contributed by atoms with Gasteiger partial charge in [-0.25, -0.2) is 9.97 Å². The molecule has 0 aliphatic carbocycles. The summed E-state index contributed by atoms with van der Waals surface area (Å²) in [5.74, 6) is 0.311. The van der Waals surface area contributed by atoms with Crippen LogP contribution in [0.1, 0.15) is 0 Å². The molecule has 1 aromatic heterocycles. The van der Waals surface area contributed by atoms with E-state index < -0.39 is 0 Å². The number of nitrogens with two attached hydrogens (primary N) is 1. The van der Waals surface area contributed by atoms with Gasteiger partial charge in [0.2, 0.25) is 5.95 Å². The van der Waals surface area contributed by atoms with E-state index in [0.717, 1.165) is 18.9 Å². The molecular formula is C8H5BrIN3. The highest BCUT2D eigenvalue weighted by atomic mass is 127. The minimum atomic E-state index is 0.311. The number of fused-ring (bicyclic) bond motifs is 1. The van der Waals surface area contributed by atoms with Gasteiger partial charge in [-0.2, -0.15) is 0 Å². The van der Waals surface area contributed by atoms with Gasteiger partial charge in [-0.1, -0.05) is 0 Å². The molecule has 0 unspecified atom stereocenters. The van der Waals surface area contributed by atoms with Crippen LogP contribution in [0.15, 0.2) is 22.8 Å². The fraction of sp³-hybridized carbons (Fsp3) is 0. The molecule has 1 heterocycles. The highest BCUT2D eigenvalue weighted by Crippen LogP contribution is 2.24. The molecule has 0 fully saturated rings. The highest BCUT2D eigenvalue weighted by Gasteiger charge is 2.01. The number of aromatic nitrogens is 2. The second-order valence-electron chi connectivity index (χ2n) is 2.55. The molecule has 0 amide bonds. The Bertz CT molecular complexity index is 472. The summed E-state index contributed by atoms with van der Waals surface area (Å²) in [6, 6.07) is 3.95. The van der Waals surface area contributed by atoms with E-state index in [4.69, 9.17) is 5.73 Å². The minimum Gasteiger partial charge on any atom is -0.368 e. The molecule has 0 aliphatic rings. The number of nitrogen functional groups attached to an aromatic ring is 1. The van der Waals surface area contributed by atoms with E-state index in [2.05, 4.69) is 48.5 Å². The lowest BCUT2D eigenvalue weighted by Gasteiger charge is -2.00. The van der Waals surface area contributed by atoms with Crippen molar-refractivity contribution in [3.8, 4) is 0 Å². The molecule has 0 aliphatic heterocycles. The monoisotopic (exact) mass is 349 g/mol. The number of anilines is 1. The molecule has 0 atom stereocenters. The van der Waals surface area contributed by atoms with E-state index in [1.54, 1.807) is 6.20 Å². The van der Waals surface area contributed by atoms with E-state index in [0.29, 0.717) is 5.95 Å². The van der Waals surface area contributed by atoms with Gasteiger partial charge in [-0.3, -0.25) is 0 Å². The summed E-state index contributed by atoms with van der Waals surface area (Å²) in [6.07, 6.45) is 1.72. The Kier molecular flexibility index (Phi) is 2.37. The fourth-order valence-corrected chi connectivity index (χ4v) is 1.85. The molecule has 0 saturated carbocycles. The molecule has 2 rings (SSSR count). The Balaban J connectivity index is 2.81. The molecule has 66 valence electrons. The van der Waals surface area contributed by atoms with Crippen LogP contribution in [-0.4, -0.2) is 9.97 Å². The van der Waals surface area contributed by atoms with Crippen LogP contribution in [-0.2, 0) is 0 Å². The average molecular weight is 350 g/mol. The summed E-state index contributed by atoms with van der Waals surface area (Å²) in [6.45, 7) is 0. The maximum atomic E-state index is 5.48. The van der Waals surface area contributed by atoms with Gasteiger partial charge in [-0.05, 0) is 50.7 Å². The van der Waals surface area contributed by atoms with Crippen molar-refractivity contribution in [1.29, 1.82) is 0 Å². The standard InChI is InChI=1S/C8H5BrIN3/c9-5-1-4-3-12-8(11)13-7(4)2-6(5)10/h1-3H,(H2,11,12,13). The maximum absolute atomic E-state index is 5.48. The first-order valence-corrected chi connectivity index (χ1v) is 5.41. The molecule has 0 saturated heterocycles. The molecule has 1 aromatic carbocycles. The topological polar surface area (TPSA) is 51.8 Å². The largest absolute Gasteiger partial charge is 0.368 e. The molecule has 0 radical (unpaired) electrons. The first-order chi connectivity index (χ1) is 6.16. The second kappa shape index (κ2) is 3.38. The third kappa shape index (κ3) is 1.76. The number of nitrogens with zero attached hydrogens (tertiary/aromatic N) is 2. The van der Waals surface area contributed by atoms with E-state index in [1.165, 1.54) is 0 Å². The molecule has 0 bridgehead atoms. The zero-order valence-corrected chi connectivity index (χ0v) is 10.2. The number of hydrogen-bond acceptors (Lipinski definition) is 3. The van der Waals surface area contributed by atoms with E-state index in [-0.39, 0.29) is 0 Å². The van der Waals surface area contributed by atoms with Crippen molar-refractivity contribution in [2.24, 2.45) is 0 Å². The van der Waals surface area contributed by atoms with Crippen LogP contribution in [0.25, 0.3) is 10.9 Å². The summed E-state index contributed by atoms with van der Waals surface area (Å²) in [7, 11) is 0. The van der Waals surface area contributed by atoms with Gasteiger partial charge in [-0.15, -0.1) is 0 Å². The predicted molar refractivity (Wildman–Crippen MR) is 64.4 cm³/mol. The van der Waals surface area contributed by atoms with Crippen molar-refractivity contribution in [2.45, 2.75) is 0 Å². The third-order valence-corrected chi connectivity index (χ3v) is 3.93. The average Bonchev–Trinajstić information content (AvgIpc) is 2.08. The van der Waals surface area contributed by atoms with Crippen LogP contribution in [0.3, 0.4) is 0 Å². The number of rotatable bonds is 0. The molecule has 0 spiro atoms. The Morgan fingerprint density at radius 1 is 1.38 bits per heavy atom. The quantitative estimate of drug-likeness (QED) is 0.744. The highest BCUT2D eigenvalue weighted by molar-refractivity contribution is 14.1. The number of hydrogen-bond donors (Lipinski definition) is 1. The van der Waals surface area contributed by atoms with Crippen LogP contribution in [0, 0.1) is 3.57 Å². The Labute approximate surface area is 97.0 Å². The van der Waals surface area contributed by atoms with Gasteiger partial charge < -0.3 is 5.73 Å². The van der Waals surface area contributed by atoms with Crippen LogP contribution < -0.4 is 5.73 Å². The van der Waals surface area contributed by atoms with Crippen molar-refractivity contribution >= 4 is 55.4 Å². The summed E-state index contributed by atoms with van der Waals surface area (Å²) >= 11 is 5.68. The number of benzene rings is 1. The normalized spacial score (nSPS) is 10.6. The molecule has 5 heteroatoms. The lowest BCUT2D eigenvalue weighted by molar-refractivity contribution is 1.24. The Morgan fingerprint density at radius 2 is 2.15 bits per heavy atom. The lowest BCUT2D eigenvalue weighted by atomic mass is 10.2. The summed E-state index contributed by atoms with van der Waals surface area (Å²) in [5, 5.41) is 0.987. The van der Waals surface area contributed by atoms with Gasteiger partial charge in [0, 0.05) is 19.6 Å². The van der Waals surface area contributed by atoms with E-state index in [9.17, 15) is 0 Å². The minimum absolute atomic E-state index is 0.311. The van der Waals surface area contributed by atoms with Gasteiger partial charge in [0.05, 0.1) is 5.52 Å². The van der Waals surface area contributed by atoms with E-state index in [1.807, 2.05) is 12.1 Å². The van der Waals surface area contributed by atoms with Gasteiger partial charge in [0.1, 0.15) is 0 Å². The first-order valence-electron chi connectivity index (χ1n) is 3.54. The summed E-state index contributed by atoms with van der Waals surface area (Å²) in [5.41, 5.74) is 6.35. The summed E-state index contributed by atoms with van der Waals surface area (Å²) < 4.78 is 2.16. The maximum Gasteiger partial charge on any atom is 0.220 e.